The lowest BCUT2D eigenvalue weighted by Gasteiger charge is -2.12. The Bertz CT molecular complexity index is 384. The minimum Gasteiger partial charge on any atom is -0.271 e. The largest absolute Gasteiger partial charge is 0.271 e. The molecule has 1 atom stereocenters. The van der Waals surface area contributed by atoms with Crippen molar-refractivity contribution in [3.8, 4) is 11.8 Å². The van der Waals surface area contributed by atoms with E-state index in [1.807, 2.05) is 31.2 Å². The molecule has 0 fully saturated rings. The fraction of sp³-hybridized carbons (Fsp3) is 0.333. The van der Waals surface area contributed by atoms with E-state index in [0.29, 0.717) is 0 Å². The highest BCUT2D eigenvalue weighted by molar-refractivity contribution is 7.99. The van der Waals surface area contributed by atoms with E-state index in [-0.39, 0.29) is 6.04 Å². The fourth-order valence-electron chi connectivity index (χ4n) is 1.14. The van der Waals surface area contributed by atoms with Gasteiger partial charge < -0.3 is 0 Å². The minimum absolute atomic E-state index is 0.205. The van der Waals surface area contributed by atoms with Gasteiger partial charge in [-0.05, 0) is 25.1 Å². The molecule has 0 heterocycles. The van der Waals surface area contributed by atoms with Crippen molar-refractivity contribution < 1.29 is 0 Å². The second kappa shape index (κ2) is 7.59. The Morgan fingerprint density at radius 3 is 3.00 bits per heavy atom. The summed E-state index contributed by atoms with van der Waals surface area (Å²) in [6.45, 7) is 1.83. The molecule has 1 unspecified atom stereocenters. The molecule has 0 radical (unpaired) electrons. The van der Waals surface area contributed by atoms with E-state index in [1.165, 1.54) is 0 Å². The third-order valence-electron chi connectivity index (χ3n) is 2.01. The maximum absolute atomic E-state index is 5.90. The maximum atomic E-state index is 5.90. The highest BCUT2D eigenvalue weighted by atomic mass is 35.5. The molecule has 0 saturated carbocycles. The van der Waals surface area contributed by atoms with Crippen LogP contribution in [-0.4, -0.2) is 11.8 Å². The van der Waals surface area contributed by atoms with Crippen LogP contribution in [0, 0.1) is 11.8 Å². The number of benzene rings is 1. The first-order valence-corrected chi connectivity index (χ1v) is 6.36. The molecule has 1 aromatic carbocycles. The van der Waals surface area contributed by atoms with Crippen LogP contribution in [-0.2, 0) is 0 Å². The van der Waals surface area contributed by atoms with Crippen LogP contribution in [0.25, 0.3) is 0 Å². The third kappa shape index (κ3) is 4.91. The molecule has 0 spiro atoms. The summed E-state index contributed by atoms with van der Waals surface area (Å²) in [6, 6.07) is 8.01. The molecule has 4 heteroatoms. The van der Waals surface area contributed by atoms with Crippen LogP contribution in [0.1, 0.15) is 13.3 Å². The van der Waals surface area contributed by atoms with E-state index in [9.17, 15) is 0 Å². The normalized spacial score (nSPS) is 11.7. The van der Waals surface area contributed by atoms with Gasteiger partial charge in [0.25, 0.3) is 0 Å². The average molecular weight is 255 g/mol. The second-order valence-corrected chi connectivity index (χ2v) is 4.79. The van der Waals surface area contributed by atoms with Gasteiger partial charge in [-0.3, -0.25) is 11.3 Å². The summed E-state index contributed by atoms with van der Waals surface area (Å²) in [7, 11) is 0. The van der Waals surface area contributed by atoms with Crippen LogP contribution >= 0.6 is 23.4 Å². The SMILES string of the molecule is CC#CCC(CSc1cccc(Cl)c1)NN. The molecule has 2 nitrogen and oxygen atoms in total. The van der Waals surface area contributed by atoms with Crippen LogP contribution in [0.5, 0.6) is 0 Å². The van der Waals surface area contributed by atoms with Crippen LogP contribution < -0.4 is 11.3 Å². The van der Waals surface area contributed by atoms with Crippen molar-refractivity contribution in [1.29, 1.82) is 0 Å². The molecular formula is C12H15ClN2S. The molecule has 0 aliphatic heterocycles. The summed E-state index contributed by atoms with van der Waals surface area (Å²) in [6.07, 6.45) is 0.764. The summed E-state index contributed by atoms with van der Waals surface area (Å²) in [4.78, 5) is 1.15. The zero-order valence-corrected chi connectivity index (χ0v) is 10.7. The quantitative estimate of drug-likeness (QED) is 0.367. The van der Waals surface area contributed by atoms with E-state index in [0.717, 1.165) is 22.1 Å². The summed E-state index contributed by atoms with van der Waals surface area (Å²) in [5.41, 5.74) is 2.77. The summed E-state index contributed by atoms with van der Waals surface area (Å²) >= 11 is 7.62. The lowest BCUT2D eigenvalue weighted by Crippen LogP contribution is -2.36. The minimum atomic E-state index is 0.205. The fourth-order valence-corrected chi connectivity index (χ4v) is 2.39. The maximum Gasteiger partial charge on any atom is 0.0417 e. The number of hydrazine groups is 1. The van der Waals surface area contributed by atoms with Crippen molar-refractivity contribution >= 4 is 23.4 Å². The molecule has 0 amide bonds. The molecule has 0 aromatic heterocycles. The third-order valence-corrected chi connectivity index (χ3v) is 3.40. The van der Waals surface area contributed by atoms with Gasteiger partial charge in [-0.2, -0.15) is 0 Å². The van der Waals surface area contributed by atoms with Gasteiger partial charge in [0, 0.05) is 28.1 Å². The van der Waals surface area contributed by atoms with Gasteiger partial charge >= 0.3 is 0 Å². The summed E-state index contributed by atoms with van der Waals surface area (Å²) < 4.78 is 0. The van der Waals surface area contributed by atoms with Crippen molar-refractivity contribution in [3.05, 3.63) is 29.3 Å². The number of nitrogens with one attached hydrogen (secondary N) is 1. The zero-order valence-electron chi connectivity index (χ0n) is 9.16. The van der Waals surface area contributed by atoms with Gasteiger partial charge in [-0.1, -0.05) is 17.7 Å². The van der Waals surface area contributed by atoms with Crippen molar-refractivity contribution in [2.45, 2.75) is 24.3 Å². The Morgan fingerprint density at radius 2 is 2.38 bits per heavy atom. The number of hydrogen-bond acceptors (Lipinski definition) is 3. The molecule has 0 aliphatic rings. The number of halogens is 1. The Morgan fingerprint density at radius 1 is 1.56 bits per heavy atom. The molecule has 3 N–H and O–H groups in total. The first-order valence-electron chi connectivity index (χ1n) is 5.00. The molecule has 0 aliphatic carbocycles. The molecule has 16 heavy (non-hydrogen) atoms. The first-order chi connectivity index (χ1) is 7.76. The van der Waals surface area contributed by atoms with Crippen LogP contribution in [0.4, 0.5) is 0 Å². The first kappa shape index (κ1) is 13.4. The second-order valence-electron chi connectivity index (χ2n) is 3.26. The molecular weight excluding hydrogens is 240 g/mol. The van der Waals surface area contributed by atoms with E-state index in [2.05, 4.69) is 17.3 Å². The zero-order chi connectivity index (χ0) is 11.8. The lowest BCUT2D eigenvalue weighted by molar-refractivity contribution is 0.591. The van der Waals surface area contributed by atoms with Crippen molar-refractivity contribution in [2.75, 3.05) is 5.75 Å². The number of hydrogen-bond donors (Lipinski definition) is 2. The van der Waals surface area contributed by atoms with Gasteiger partial charge in [0.2, 0.25) is 0 Å². The van der Waals surface area contributed by atoms with E-state index in [1.54, 1.807) is 11.8 Å². The predicted octanol–water partition coefficient (Wildman–Crippen LogP) is 2.68. The lowest BCUT2D eigenvalue weighted by atomic mass is 10.2. The van der Waals surface area contributed by atoms with Crippen molar-refractivity contribution in [1.82, 2.24) is 5.43 Å². The highest BCUT2D eigenvalue weighted by Crippen LogP contribution is 2.22. The van der Waals surface area contributed by atoms with E-state index < -0.39 is 0 Å². The number of nitrogens with two attached hydrogens (primary N) is 1. The summed E-state index contributed by atoms with van der Waals surface area (Å²) in [5.74, 6) is 12.2. The Labute approximate surface area is 106 Å². The van der Waals surface area contributed by atoms with E-state index in [4.69, 9.17) is 17.4 Å². The van der Waals surface area contributed by atoms with Crippen molar-refractivity contribution in [2.24, 2.45) is 5.84 Å². The van der Waals surface area contributed by atoms with Crippen LogP contribution in [0.15, 0.2) is 29.2 Å². The Hall–Kier alpha value is -0.660. The molecule has 0 bridgehead atoms. The van der Waals surface area contributed by atoms with E-state index >= 15 is 0 Å². The van der Waals surface area contributed by atoms with Crippen LogP contribution in [0.2, 0.25) is 5.02 Å². The average Bonchev–Trinajstić information content (AvgIpc) is 2.29. The van der Waals surface area contributed by atoms with Crippen molar-refractivity contribution in [3.63, 3.8) is 0 Å². The molecule has 0 saturated heterocycles. The molecule has 1 rings (SSSR count). The summed E-state index contributed by atoms with van der Waals surface area (Å²) in [5, 5.41) is 0.760. The van der Waals surface area contributed by atoms with Crippen LogP contribution in [0.3, 0.4) is 0 Å². The standard InChI is InChI=1S/C12H15ClN2S/c1-2-3-6-11(15-14)9-16-12-7-4-5-10(13)8-12/h4-5,7-8,11,15H,6,9,14H2,1H3. The predicted molar refractivity (Wildman–Crippen MR) is 71.4 cm³/mol. The van der Waals surface area contributed by atoms with Gasteiger partial charge in [-0.15, -0.1) is 23.6 Å². The van der Waals surface area contributed by atoms with Gasteiger partial charge in [-0.25, -0.2) is 0 Å². The highest BCUT2D eigenvalue weighted by Gasteiger charge is 2.05. The Balaban J connectivity index is 2.45. The number of thioether (sulfide) groups is 1. The monoisotopic (exact) mass is 254 g/mol. The van der Waals surface area contributed by atoms with Gasteiger partial charge in [0.05, 0.1) is 0 Å². The van der Waals surface area contributed by atoms with Gasteiger partial charge in [0.15, 0.2) is 0 Å². The molecule has 86 valence electrons. The Kier molecular flexibility index (Phi) is 6.36. The number of rotatable bonds is 5. The molecule has 1 aromatic rings. The topological polar surface area (TPSA) is 38.0 Å². The smallest absolute Gasteiger partial charge is 0.0417 e. The van der Waals surface area contributed by atoms with Gasteiger partial charge in [0.1, 0.15) is 0 Å².